The van der Waals surface area contributed by atoms with Crippen LogP contribution in [0.5, 0.6) is 0 Å². The third-order valence-corrected chi connectivity index (χ3v) is 5.60. The van der Waals surface area contributed by atoms with Crippen LogP contribution >= 0.6 is 0 Å². The minimum absolute atomic E-state index is 0.383. The molecule has 0 amide bonds. The molecule has 1 aliphatic heterocycles. The molecule has 0 unspecified atom stereocenters. The summed E-state index contributed by atoms with van der Waals surface area (Å²) in [5.74, 6) is 0. The van der Waals surface area contributed by atoms with Crippen LogP contribution in [0.1, 0.15) is 49.9 Å². The van der Waals surface area contributed by atoms with Crippen molar-refractivity contribution in [1.29, 1.82) is 0 Å². The number of hydrogen-bond donors (Lipinski definition) is 4. The van der Waals surface area contributed by atoms with E-state index in [1.165, 1.54) is 11.1 Å². The summed E-state index contributed by atoms with van der Waals surface area (Å²) < 4.78 is 0. The van der Waals surface area contributed by atoms with E-state index in [0.717, 1.165) is 39.0 Å². The van der Waals surface area contributed by atoms with Crippen LogP contribution in [0.25, 0.3) is 0 Å². The molecule has 0 aromatic heterocycles. The monoisotopic (exact) mass is 380 g/mol. The van der Waals surface area contributed by atoms with Crippen LogP contribution in [0.3, 0.4) is 0 Å². The highest BCUT2D eigenvalue weighted by molar-refractivity contribution is 5.20. The van der Waals surface area contributed by atoms with Crippen LogP contribution in [0.2, 0.25) is 0 Å². The molecule has 4 nitrogen and oxygen atoms in total. The van der Waals surface area contributed by atoms with Gasteiger partial charge in [-0.05, 0) is 37.8 Å². The van der Waals surface area contributed by atoms with Gasteiger partial charge in [0.2, 0.25) is 0 Å². The van der Waals surface area contributed by atoms with Gasteiger partial charge in [0.1, 0.15) is 0 Å². The van der Waals surface area contributed by atoms with E-state index in [2.05, 4.69) is 95.8 Å². The predicted octanol–water partition coefficient (Wildman–Crippen LogP) is 3.40. The second kappa shape index (κ2) is 11.3. The van der Waals surface area contributed by atoms with Crippen molar-refractivity contribution in [3.8, 4) is 0 Å². The molecule has 4 N–H and O–H groups in total. The van der Waals surface area contributed by atoms with Crippen LogP contribution < -0.4 is 21.3 Å². The highest BCUT2D eigenvalue weighted by Gasteiger charge is 2.17. The van der Waals surface area contributed by atoms with Gasteiger partial charge < -0.3 is 21.3 Å². The van der Waals surface area contributed by atoms with Crippen molar-refractivity contribution in [2.24, 2.45) is 0 Å². The Hall–Kier alpha value is -1.72. The van der Waals surface area contributed by atoms with Crippen molar-refractivity contribution in [3.05, 3.63) is 71.8 Å². The molecule has 2 aromatic carbocycles. The maximum Gasteiger partial charge on any atom is 0.0335 e. The van der Waals surface area contributed by atoms with Crippen molar-refractivity contribution >= 4 is 0 Å². The molecule has 0 bridgehead atoms. The Kier molecular flexibility index (Phi) is 8.49. The molecule has 28 heavy (non-hydrogen) atoms. The molecule has 0 spiro atoms. The third-order valence-electron chi connectivity index (χ3n) is 5.60. The van der Waals surface area contributed by atoms with E-state index >= 15 is 0 Å². The van der Waals surface area contributed by atoms with Gasteiger partial charge in [-0.1, -0.05) is 60.7 Å². The number of rotatable bonds is 2. The standard InChI is InChI=1S/C24H36N4/c1-19-17-23(21-9-5-3-6-10-21)27-16-14-26-20(2)18-24(28-15-13-25-19)22-11-7-4-8-12-22/h3-12,19-20,23-28H,13-18H2,1-2H3/t19-,20+,23-,24+. The van der Waals surface area contributed by atoms with Crippen LogP contribution in [-0.4, -0.2) is 38.3 Å². The number of benzene rings is 2. The topological polar surface area (TPSA) is 48.1 Å². The van der Waals surface area contributed by atoms with Crippen LogP contribution in [-0.2, 0) is 0 Å². The fourth-order valence-electron chi connectivity index (χ4n) is 4.05. The van der Waals surface area contributed by atoms with E-state index in [-0.39, 0.29) is 0 Å². The molecular formula is C24H36N4. The molecule has 1 fully saturated rings. The Morgan fingerprint density at radius 2 is 0.893 bits per heavy atom. The van der Waals surface area contributed by atoms with Gasteiger partial charge in [-0.3, -0.25) is 0 Å². The Bertz CT molecular complexity index is 601. The Labute approximate surface area is 170 Å². The van der Waals surface area contributed by atoms with E-state index in [0.29, 0.717) is 24.2 Å². The molecule has 0 radical (unpaired) electrons. The Morgan fingerprint density at radius 1 is 0.536 bits per heavy atom. The third kappa shape index (κ3) is 6.71. The van der Waals surface area contributed by atoms with Crippen molar-refractivity contribution in [1.82, 2.24) is 21.3 Å². The highest BCUT2D eigenvalue weighted by atomic mass is 15.0. The summed E-state index contributed by atoms with van der Waals surface area (Å²) in [5.41, 5.74) is 2.75. The zero-order chi connectivity index (χ0) is 19.6. The van der Waals surface area contributed by atoms with Gasteiger partial charge in [-0.2, -0.15) is 0 Å². The lowest BCUT2D eigenvalue weighted by Gasteiger charge is -2.27. The summed E-state index contributed by atoms with van der Waals surface area (Å²) in [4.78, 5) is 0. The molecule has 3 rings (SSSR count). The van der Waals surface area contributed by atoms with E-state index in [1.54, 1.807) is 0 Å². The first-order chi connectivity index (χ1) is 13.7. The summed E-state index contributed by atoms with van der Waals surface area (Å²) >= 11 is 0. The van der Waals surface area contributed by atoms with E-state index in [4.69, 9.17) is 0 Å². The lowest BCUT2D eigenvalue weighted by atomic mass is 9.99. The van der Waals surface area contributed by atoms with Gasteiger partial charge in [0.15, 0.2) is 0 Å². The molecule has 4 atom stereocenters. The normalized spacial score (nSPS) is 28.4. The first-order valence-electron chi connectivity index (χ1n) is 10.8. The molecule has 1 saturated heterocycles. The average molecular weight is 381 g/mol. The van der Waals surface area contributed by atoms with E-state index < -0.39 is 0 Å². The molecular weight excluding hydrogens is 344 g/mol. The summed E-state index contributed by atoms with van der Waals surface area (Å²) in [6.07, 6.45) is 2.17. The first kappa shape index (κ1) is 21.0. The fraction of sp³-hybridized carbons (Fsp3) is 0.500. The number of nitrogens with one attached hydrogen (secondary N) is 4. The van der Waals surface area contributed by atoms with Crippen LogP contribution in [0.15, 0.2) is 60.7 Å². The summed E-state index contributed by atoms with van der Waals surface area (Å²) in [7, 11) is 0. The zero-order valence-corrected chi connectivity index (χ0v) is 17.3. The second-order valence-electron chi connectivity index (χ2n) is 8.02. The van der Waals surface area contributed by atoms with Crippen LogP contribution in [0, 0.1) is 0 Å². The molecule has 1 aliphatic rings. The van der Waals surface area contributed by atoms with Gasteiger partial charge in [0.25, 0.3) is 0 Å². The molecule has 4 heteroatoms. The summed E-state index contributed by atoms with van der Waals surface area (Å²) in [6.45, 7) is 8.48. The molecule has 0 saturated carbocycles. The lowest BCUT2D eigenvalue weighted by Crippen LogP contribution is -2.42. The Balaban J connectivity index is 1.63. The maximum absolute atomic E-state index is 3.77. The van der Waals surface area contributed by atoms with Crippen molar-refractivity contribution in [3.63, 3.8) is 0 Å². The predicted molar refractivity (Wildman–Crippen MR) is 119 cm³/mol. The quantitative estimate of drug-likeness (QED) is 0.645. The van der Waals surface area contributed by atoms with Gasteiger partial charge in [0.05, 0.1) is 0 Å². The van der Waals surface area contributed by atoms with E-state index in [1.807, 2.05) is 0 Å². The highest BCUT2D eigenvalue weighted by Crippen LogP contribution is 2.20. The minimum Gasteiger partial charge on any atom is -0.313 e. The fourth-order valence-corrected chi connectivity index (χ4v) is 4.05. The molecule has 152 valence electrons. The van der Waals surface area contributed by atoms with Gasteiger partial charge >= 0.3 is 0 Å². The molecule has 2 aromatic rings. The second-order valence-corrected chi connectivity index (χ2v) is 8.02. The van der Waals surface area contributed by atoms with Crippen molar-refractivity contribution < 1.29 is 0 Å². The van der Waals surface area contributed by atoms with Gasteiger partial charge in [-0.25, -0.2) is 0 Å². The average Bonchev–Trinajstić information content (AvgIpc) is 2.73. The number of hydrogen-bond acceptors (Lipinski definition) is 4. The largest absolute Gasteiger partial charge is 0.313 e. The summed E-state index contributed by atoms with van der Waals surface area (Å²) in [6, 6.07) is 23.3. The molecule has 1 heterocycles. The van der Waals surface area contributed by atoms with Crippen molar-refractivity contribution in [2.45, 2.75) is 50.9 Å². The lowest BCUT2D eigenvalue weighted by molar-refractivity contribution is 0.371. The van der Waals surface area contributed by atoms with E-state index in [9.17, 15) is 0 Å². The minimum atomic E-state index is 0.383. The zero-order valence-electron chi connectivity index (χ0n) is 17.3. The van der Waals surface area contributed by atoms with Crippen molar-refractivity contribution in [2.75, 3.05) is 26.2 Å². The molecule has 0 aliphatic carbocycles. The smallest absolute Gasteiger partial charge is 0.0335 e. The van der Waals surface area contributed by atoms with Crippen LogP contribution in [0.4, 0.5) is 0 Å². The SMILES string of the molecule is C[C@@H]1C[C@H](c2ccccc2)NCCN[C@@H](C)C[C@@H](c2ccccc2)NCCN1. The van der Waals surface area contributed by atoms with Gasteiger partial charge in [0, 0.05) is 50.3 Å². The maximum atomic E-state index is 3.77. The van der Waals surface area contributed by atoms with Gasteiger partial charge in [-0.15, -0.1) is 0 Å². The summed E-state index contributed by atoms with van der Waals surface area (Å²) in [5, 5.41) is 14.9. The Morgan fingerprint density at radius 3 is 1.29 bits per heavy atom. The first-order valence-corrected chi connectivity index (χ1v) is 10.8.